The fraction of sp³-hybridized carbons (Fsp3) is 0.385. The van der Waals surface area contributed by atoms with E-state index in [1.54, 1.807) is 6.07 Å². The molecule has 2 aromatic carbocycles. The number of hydrogen-bond donors (Lipinski definition) is 0. The summed E-state index contributed by atoms with van der Waals surface area (Å²) in [6, 6.07) is 7.34. The molecule has 156 valence electrons. The molecule has 0 N–H and O–H groups in total. The molecule has 0 atom stereocenters. The van der Waals surface area contributed by atoms with Gasteiger partial charge in [-0.05, 0) is 67.6 Å². The molecule has 0 bridgehead atoms. The normalized spacial score (nSPS) is 14.8. The Balaban J connectivity index is 1.89. The summed E-state index contributed by atoms with van der Waals surface area (Å²) in [7, 11) is 0. The number of hydrogen-bond acceptors (Lipinski definition) is 3. The Morgan fingerprint density at radius 2 is 1.83 bits per heavy atom. The van der Waals surface area contributed by atoms with Crippen LogP contribution < -0.4 is 0 Å². The van der Waals surface area contributed by atoms with Crippen LogP contribution in [0, 0.1) is 5.82 Å². The SMILES string of the molecule is CCN(CC)CCC1=Cc2ccc3c(c2-c2c(ccc(C(C)=O)c2F)C1)CCC3=O. The van der Waals surface area contributed by atoms with Gasteiger partial charge in [0.1, 0.15) is 5.82 Å². The van der Waals surface area contributed by atoms with E-state index in [1.807, 2.05) is 18.2 Å². The van der Waals surface area contributed by atoms with Crippen molar-refractivity contribution in [1.82, 2.24) is 4.90 Å². The molecule has 30 heavy (non-hydrogen) atoms. The van der Waals surface area contributed by atoms with Crippen molar-refractivity contribution >= 4 is 17.6 Å². The lowest BCUT2D eigenvalue weighted by atomic mass is 9.88. The Morgan fingerprint density at radius 3 is 2.53 bits per heavy atom. The summed E-state index contributed by atoms with van der Waals surface area (Å²) in [5.41, 5.74) is 6.18. The molecule has 2 aromatic rings. The number of fused-ring (bicyclic) bond motifs is 5. The van der Waals surface area contributed by atoms with Crippen LogP contribution in [0.25, 0.3) is 17.2 Å². The van der Waals surface area contributed by atoms with Gasteiger partial charge in [-0.1, -0.05) is 43.7 Å². The fourth-order valence-corrected chi connectivity index (χ4v) is 4.80. The molecule has 4 heteroatoms. The molecular formula is C26H28FNO2. The van der Waals surface area contributed by atoms with Crippen molar-refractivity contribution in [3.8, 4) is 11.1 Å². The summed E-state index contributed by atoms with van der Waals surface area (Å²) in [5.74, 6) is -0.612. The molecule has 2 aliphatic carbocycles. The minimum Gasteiger partial charge on any atom is -0.304 e. The molecular weight excluding hydrogens is 377 g/mol. The van der Waals surface area contributed by atoms with E-state index in [4.69, 9.17) is 0 Å². The first kappa shape index (κ1) is 20.7. The summed E-state index contributed by atoms with van der Waals surface area (Å²) in [5, 5.41) is 0. The van der Waals surface area contributed by atoms with Gasteiger partial charge in [-0.2, -0.15) is 0 Å². The summed E-state index contributed by atoms with van der Waals surface area (Å²) in [4.78, 5) is 26.8. The Labute approximate surface area is 177 Å². The Bertz CT molecular complexity index is 1060. The van der Waals surface area contributed by atoms with Crippen LogP contribution in [-0.4, -0.2) is 36.1 Å². The van der Waals surface area contributed by atoms with Crippen molar-refractivity contribution in [2.75, 3.05) is 19.6 Å². The lowest BCUT2D eigenvalue weighted by molar-refractivity contribution is 0.0991. The van der Waals surface area contributed by atoms with Crippen molar-refractivity contribution in [1.29, 1.82) is 0 Å². The predicted molar refractivity (Wildman–Crippen MR) is 119 cm³/mol. The van der Waals surface area contributed by atoms with Crippen LogP contribution in [0.2, 0.25) is 0 Å². The molecule has 0 saturated heterocycles. The van der Waals surface area contributed by atoms with Gasteiger partial charge in [-0.25, -0.2) is 4.39 Å². The quantitative estimate of drug-likeness (QED) is 0.596. The number of ketones is 2. The second-order valence-electron chi connectivity index (χ2n) is 8.25. The monoisotopic (exact) mass is 405 g/mol. The fourth-order valence-electron chi connectivity index (χ4n) is 4.80. The summed E-state index contributed by atoms with van der Waals surface area (Å²) in [6.45, 7) is 8.69. The molecule has 0 saturated carbocycles. The minimum atomic E-state index is -0.451. The van der Waals surface area contributed by atoms with Gasteiger partial charge in [0.25, 0.3) is 0 Å². The van der Waals surface area contributed by atoms with Gasteiger partial charge in [0, 0.05) is 24.1 Å². The molecule has 0 amide bonds. The highest BCUT2D eigenvalue weighted by atomic mass is 19.1. The number of rotatable bonds is 6. The van der Waals surface area contributed by atoms with E-state index in [2.05, 4.69) is 24.8 Å². The highest BCUT2D eigenvalue weighted by molar-refractivity contribution is 6.04. The van der Waals surface area contributed by atoms with Crippen molar-refractivity contribution < 1.29 is 14.0 Å². The van der Waals surface area contributed by atoms with Gasteiger partial charge in [0.15, 0.2) is 11.6 Å². The third-order valence-electron chi connectivity index (χ3n) is 6.53. The van der Waals surface area contributed by atoms with Crippen LogP contribution in [0.15, 0.2) is 29.8 Å². The van der Waals surface area contributed by atoms with E-state index in [1.165, 1.54) is 12.5 Å². The van der Waals surface area contributed by atoms with Gasteiger partial charge in [-0.3, -0.25) is 9.59 Å². The topological polar surface area (TPSA) is 37.4 Å². The highest BCUT2D eigenvalue weighted by Gasteiger charge is 2.29. The van der Waals surface area contributed by atoms with Crippen molar-refractivity contribution in [2.24, 2.45) is 0 Å². The maximum atomic E-state index is 15.6. The van der Waals surface area contributed by atoms with Crippen LogP contribution in [0.4, 0.5) is 4.39 Å². The zero-order chi connectivity index (χ0) is 21.4. The predicted octanol–water partition coefficient (Wildman–Crippen LogP) is 5.50. The van der Waals surface area contributed by atoms with E-state index in [0.29, 0.717) is 30.4 Å². The van der Waals surface area contributed by atoms with E-state index in [-0.39, 0.29) is 17.1 Å². The van der Waals surface area contributed by atoms with Gasteiger partial charge in [0.2, 0.25) is 0 Å². The number of halogens is 1. The smallest absolute Gasteiger partial charge is 0.163 e. The summed E-state index contributed by atoms with van der Waals surface area (Å²) >= 11 is 0. The first-order chi connectivity index (χ1) is 14.4. The maximum absolute atomic E-state index is 15.6. The van der Waals surface area contributed by atoms with Gasteiger partial charge >= 0.3 is 0 Å². The molecule has 0 aromatic heterocycles. The molecule has 0 fully saturated rings. The van der Waals surface area contributed by atoms with Gasteiger partial charge in [0.05, 0.1) is 5.56 Å². The van der Waals surface area contributed by atoms with E-state index in [0.717, 1.165) is 48.3 Å². The lowest BCUT2D eigenvalue weighted by Gasteiger charge is -2.19. The molecule has 2 aliphatic rings. The van der Waals surface area contributed by atoms with E-state index >= 15 is 4.39 Å². The zero-order valence-electron chi connectivity index (χ0n) is 18.0. The Morgan fingerprint density at radius 1 is 1.07 bits per heavy atom. The third kappa shape index (κ3) is 3.54. The second kappa shape index (κ2) is 8.27. The first-order valence-electron chi connectivity index (χ1n) is 10.9. The van der Waals surface area contributed by atoms with Crippen LogP contribution in [0.5, 0.6) is 0 Å². The molecule has 4 rings (SSSR count). The molecule has 0 heterocycles. The maximum Gasteiger partial charge on any atom is 0.163 e. The molecule has 3 nitrogen and oxygen atoms in total. The van der Waals surface area contributed by atoms with Crippen molar-refractivity contribution in [3.05, 3.63) is 63.5 Å². The third-order valence-corrected chi connectivity index (χ3v) is 6.53. The lowest BCUT2D eigenvalue weighted by Crippen LogP contribution is -2.24. The molecule has 0 spiro atoms. The number of Topliss-reactive ketones (excluding diaryl/α,β-unsaturated/α-hetero) is 2. The van der Waals surface area contributed by atoms with Crippen LogP contribution in [0.1, 0.15) is 71.0 Å². The Hall–Kier alpha value is -2.59. The molecule has 0 radical (unpaired) electrons. The molecule has 0 aliphatic heterocycles. The number of carbonyl (C=O) groups excluding carboxylic acids is 2. The van der Waals surface area contributed by atoms with Gasteiger partial charge < -0.3 is 4.90 Å². The second-order valence-corrected chi connectivity index (χ2v) is 8.25. The van der Waals surface area contributed by atoms with E-state index < -0.39 is 5.82 Å². The number of carbonyl (C=O) groups is 2. The zero-order valence-corrected chi connectivity index (χ0v) is 18.0. The molecule has 0 unspecified atom stereocenters. The summed E-state index contributed by atoms with van der Waals surface area (Å²) in [6.07, 6.45) is 4.83. The highest BCUT2D eigenvalue weighted by Crippen LogP contribution is 2.43. The number of nitrogens with zero attached hydrogens (tertiary/aromatic N) is 1. The Kier molecular flexibility index (Phi) is 5.70. The standard InChI is InChI=1S/C26H28FNO2/c1-4-28(5-2)13-12-17-14-18-7-9-21-22(10-11-23(21)30)24(18)25-19(15-17)6-8-20(16(3)29)26(25)27/h6-9,14H,4-5,10-13,15H2,1-3H3. The van der Waals surface area contributed by atoms with E-state index in [9.17, 15) is 9.59 Å². The summed E-state index contributed by atoms with van der Waals surface area (Å²) < 4.78 is 15.6. The van der Waals surface area contributed by atoms with Crippen LogP contribution in [0.3, 0.4) is 0 Å². The number of benzene rings is 2. The largest absolute Gasteiger partial charge is 0.304 e. The first-order valence-corrected chi connectivity index (χ1v) is 10.9. The average molecular weight is 406 g/mol. The van der Waals surface area contributed by atoms with Crippen molar-refractivity contribution in [2.45, 2.75) is 46.5 Å². The average Bonchev–Trinajstić information content (AvgIpc) is 3.01. The van der Waals surface area contributed by atoms with Crippen LogP contribution >= 0.6 is 0 Å². The van der Waals surface area contributed by atoms with Crippen molar-refractivity contribution in [3.63, 3.8) is 0 Å². The van der Waals surface area contributed by atoms with Gasteiger partial charge in [-0.15, -0.1) is 0 Å². The minimum absolute atomic E-state index is 0.118. The van der Waals surface area contributed by atoms with Crippen LogP contribution in [-0.2, 0) is 12.8 Å².